The summed E-state index contributed by atoms with van der Waals surface area (Å²) in [7, 11) is 0. The Morgan fingerprint density at radius 1 is 0.524 bits per heavy atom. The van der Waals surface area contributed by atoms with Crippen LogP contribution >= 0.6 is 0 Å². The van der Waals surface area contributed by atoms with Gasteiger partial charge in [-0.25, -0.2) is 0 Å². The third-order valence-electron chi connectivity index (χ3n) is 4.26. The molecule has 0 aromatic heterocycles. The summed E-state index contributed by atoms with van der Waals surface area (Å²) < 4.78 is 0. The SMILES string of the molecule is [CH2]CCCCC=CCCCCCCCCCCCCCC. The zero-order valence-corrected chi connectivity index (χ0v) is 14.9. The fourth-order valence-electron chi connectivity index (χ4n) is 2.78. The Hall–Kier alpha value is -0.260. The van der Waals surface area contributed by atoms with Crippen LogP contribution in [0, 0.1) is 6.92 Å². The van der Waals surface area contributed by atoms with Crippen molar-refractivity contribution in [2.45, 2.75) is 116 Å². The van der Waals surface area contributed by atoms with E-state index in [9.17, 15) is 0 Å². The second-order valence-corrected chi connectivity index (χ2v) is 6.50. The lowest BCUT2D eigenvalue weighted by Crippen LogP contribution is -1.82. The van der Waals surface area contributed by atoms with Crippen LogP contribution in [-0.4, -0.2) is 0 Å². The number of rotatable bonds is 17. The van der Waals surface area contributed by atoms with Gasteiger partial charge in [0.05, 0.1) is 0 Å². The van der Waals surface area contributed by atoms with Crippen molar-refractivity contribution in [2.75, 3.05) is 0 Å². The molecule has 125 valence electrons. The molecule has 0 aliphatic heterocycles. The van der Waals surface area contributed by atoms with Crippen molar-refractivity contribution in [3.8, 4) is 0 Å². The van der Waals surface area contributed by atoms with Gasteiger partial charge in [-0.05, 0) is 25.7 Å². The molecule has 0 amide bonds. The van der Waals surface area contributed by atoms with E-state index < -0.39 is 0 Å². The molecule has 0 aliphatic carbocycles. The molecule has 0 aromatic rings. The molecule has 0 nitrogen and oxygen atoms in total. The maximum atomic E-state index is 3.87. The molecular formula is C21H41. The summed E-state index contributed by atoms with van der Waals surface area (Å²) in [6.07, 6.45) is 28.3. The second-order valence-electron chi connectivity index (χ2n) is 6.50. The Kier molecular flexibility index (Phi) is 19.5. The minimum atomic E-state index is 1.09. The molecule has 0 atom stereocenters. The number of unbranched alkanes of at least 4 members (excludes halogenated alkanes) is 15. The van der Waals surface area contributed by atoms with Gasteiger partial charge >= 0.3 is 0 Å². The molecular weight excluding hydrogens is 252 g/mol. The highest BCUT2D eigenvalue weighted by Crippen LogP contribution is 2.12. The Bertz CT molecular complexity index is 192. The van der Waals surface area contributed by atoms with E-state index in [2.05, 4.69) is 26.0 Å². The van der Waals surface area contributed by atoms with Crippen molar-refractivity contribution < 1.29 is 0 Å². The van der Waals surface area contributed by atoms with Crippen LogP contribution in [0.1, 0.15) is 116 Å². The molecule has 0 unspecified atom stereocenters. The fourth-order valence-corrected chi connectivity index (χ4v) is 2.78. The standard InChI is InChI=1S/C21H41/c1-3-5-7-9-11-13-15-17-19-21-20-18-16-14-12-10-8-6-4-2/h11,13H,1,3-10,12,14-21H2,2H3. The van der Waals surface area contributed by atoms with Gasteiger partial charge in [-0.2, -0.15) is 0 Å². The molecule has 0 saturated carbocycles. The topological polar surface area (TPSA) is 0 Å². The fraction of sp³-hybridized carbons (Fsp3) is 0.857. The molecule has 0 aliphatic rings. The molecule has 0 N–H and O–H groups in total. The zero-order chi connectivity index (χ0) is 15.4. The largest absolute Gasteiger partial charge is 0.0885 e. The lowest BCUT2D eigenvalue weighted by Gasteiger charge is -2.02. The monoisotopic (exact) mass is 293 g/mol. The number of hydrogen-bond donors (Lipinski definition) is 0. The van der Waals surface area contributed by atoms with Crippen LogP contribution in [0.25, 0.3) is 0 Å². The highest BCUT2D eigenvalue weighted by Gasteiger charge is 1.92. The maximum absolute atomic E-state index is 3.87. The summed E-state index contributed by atoms with van der Waals surface area (Å²) in [5.74, 6) is 0. The van der Waals surface area contributed by atoms with E-state index in [-0.39, 0.29) is 0 Å². The van der Waals surface area contributed by atoms with Crippen LogP contribution in [0.4, 0.5) is 0 Å². The highest BCUT2D eigenvalue weighted by atomic mass is 14.0. The van der Waals surface area contributed by atoms with Crippen molar-refractivity contribution >= 4 is 0 Å². The van der Waals surface area contributed by atoms with Crippen LogP contribution in [-0.2, 0) is 0 Å². The van der Waals surface area contributed by atoms with E-state index in [1.165, 1.54) is 103 Å². The van der Waals surface area contributed by atoms with Gasteiger partial charge in [0.1, 0.15) is 0 Å². The Labute approximate surface area is 135 Å². The van der Waals surface area contributed by atoms with Gasteiger partial charge in [-0.1, -0.05) is 109 Å². The zero-order valence-electron chi connectivity index (χ0n) is 14.9. The molecule has 0 saturated heterocycles. The minimum absolute atomic E-state index is 1.09. The van der Waals surface area contributed by atoms with Crippen LogP contribution < -0.4 is 0 Å². The van der Waals surface area contributed by atoms with E-state index in [4.69, 9.17) is 0 Å². The maximum Gasteiger partial charge on any atom is -0.0351 e. The van der Waals surface area contributed by atoms with Crippen molar-refractivity contribution in [1.82, 2.24) is 0 Å². The third kappa shape index (κ3) is 19.7. The van der Waals surface area contributed by atoms with Gasteiger partial charge in [0, 0.05) is 0 Å². The van der Waals surface area contributed by atoms with Crippen LogP contribution in [0.2, 0.25) is 0 Å². The van der Waals surface area contributed by atoms with E-state index in [1.54, 1.807) is 0 Å². The first-order valence-corrected chi connectivity index (χ1v) is 9.86. The highest BCUT2D eigenvalue weighted by molar-refractivity contribution is 4.81. The van der Waals surface area contributed by atoms with Gasteiger partial charge in [-0.15, -0.1) is 0 Å². The number of allylic oxidation sites excluding steroid dienone is 2. The molecule has 0 bridgehead atoms. The van der Waals surface area contributed by atoms with Crippen molar-refractivity contribution in [2.24, 2.45) is 0 Å². The molecule has 21 heavy (non-hydrogen) atoms. The van der Waals surface area contributed by atoms with Gasteiger partial charge < -0.3 is 0 Å². The summed E-state index contributed by atoms with van der Waals surface area (Å²) in [6, 6.07) is 0. The molecule has 0 aromatic carbocycles. The Balaban J connectivity index is 2.99. The van der Waals surface area contributed by atoms with E-state index in [1.807, 2.05) is 0 Å². The smallest absolute Gasteiger partial charge is 0.0351 e. The molecule has 0 fully saturated rings. The first-order chi connectivity index (χ1) is 10.4. The van der Waals surface area contributed by atoms with Crippen molar-refractivity contribution in [1.29, 1.82) is 0 Å². The number of hydrogen-bond acceptors (Lipinski definition) is 0. The first-order valence-electron chi connectivity index (χ1n) is 9.86. The summed E-state index contributed by atoms with van der Waals surface area (Å²) in [4.78, 5) is 0. The predicted octanol–water partition coefficient (Wildman–Crippen LogP) is 8.03. The van der Waals surface area contributed by atoms with E-state index in [0.29, 0.717) is 0 Å². The molecule has 0 rings (SSSR count). The Morgan fingerprint density at radius 2 is 0.905 bits per heavy atom. The Morgan fingerprint density at radius 3 is 1.33 bits per heavy atom. The van der Waals surface area contributed by atoms with Gasteiger partial charge in [-0.3, -0.25) is 0 Å². The summed E-state index contributed by atoms with van der Waals surface area (Å²) >= 11 is 0. The quantitative estimate of drug-likeness (QED) is 0.188. The predicted molar refractivity (Wildman–Crippen MR) is 98.7 cm³/mol. The van der Waals surface area contributed by atoms with Gasteiger partial charge in [0.25, 0.3) is 0 Å². The average Bonchev–Trinajstić information content (AvgIpc) is 2.50. The normalized spacial score (nSPS) is 11.5. The molecule has 0 spiro atoms. The molecule has 0 heterocycles. The lowest BCUT2D eigenvalue weighted by molar-refractivity contribution is 0.545. The van der Waals surface area contributed by atoms with Gasteiger partial charge in [0.15, 0.2) is 0 Å². The van der Waals surface area contributed by atoms with Crippen molar-refractivity contribution in [3.63, 3.8) is 0 Å². The summed E-state index contributed by atoms with van der Waals surface area (Å²) in [6.45, 7) is 6.16. The van der Waals surface area contributed by atoms with Crippen LogP contribution in [0.3, 0.4) is 0 Å². The first kappa shape index (κ1) is 20.7. The summed E-state index contributed by atoms with van der Waals surface area (Å²) in [5, 5.41) is 0. The molecule has 0 heteroatoms. The van der Waals surface area contributed by atoms with Crippen LogP contribution in [0.5, 0.6) is 0 Å². The lowest BCUT2D eigenvalue weighted by atomic mass is 10.0. The average molecular weight is 294 g/mol. The van der Waals surface area contributed by atoms with Gasteiger partial charge in [0.2, 0.25) is 0 Å². The van der Waals surface area contributed by atoms with Crippen molar-refractivity contribution in [3.05, 3.63) is 19.1 Å². The summed E-state index contributed by atoms with van der Waals surface area (Å²) in [5.41, 5.74) is 0. The van der Waals surface area contributed by atoms with E-state index >= 15 is 0 Å². The second kappa shape index (κ2) is 19.7. The molecule has 1 radical (unpaired) electrons. The third-order valence-corrected chi connectivity index (χ3v) is 4.26. The minimum Gasteiger partial charge on any atom is -0.0885 e. The van der Waals surface area contributed by atoms with E-state index in [0.717, 1.165) is 6.42 Å². The van der Waals surface area contributed by atoms with Crippen LogP contribution in [0.15, 0.2) is 12.2 Å².